The number of esters is 1. The zero-order valence-electron chi connectivity index (χ0n) is 11.4. The minimum Gasteiger partial charge on any atom is -0.465 e. The number of carbonyl (C=O) groups is 1. The maximum absolute atomic E-state index is 11.7. The molecule has 0 aliphatic carbocycles. The van der Waals surface area contributed by atoms with Crippen LogP contribution in [0.25, 0.3) is 0 Å². The molecular formula is C15H16BrNO2S. The van der Waals surface area contributed by atoms with Crippen LogP contribution in [0.4, 0.5) is 0 Å². The minimum absolute atomic E-state index is 0.284. The first kappa shape index (κ1) is 15.2. The molecule has 1 heterocycles. The molecule has 0 fully saturated rings. The Hall–Kier alpha value is -1.17. The Bertz CT molecular complexity index is 597. The van der Waals surface area contributed by atoms with Gasteiger partial charge in [0.2, 0.25) is 0 Å². The van der Waals surface area contributed by atoms with Gasteiger partial charge in [0.05, 0.1) is 12.7 Å². The molecule has 0 amide bonds. The molecule has 20 heavy (non-hydrogen) atoms. The second kappa shape index (κ2) is 7.02. The van der Waals surface area contributed by atoms with E-state index < -0.39 is 0 Å². The van der Waals surface area contributed by atoms with Gasteiger partial charge in [0, 0.05) is 27.8 Å². The number of halogens is 1. The van der Waals surface area contributed by atoms with Crippen molar-refractivity contribution in [2.45, 2.75) is 13.1 Å². The van der Waals surface area contributed by atoms with Gasteiger partial charge in [-0.3, -0.25) is 4.90 Å². The third-order valence-electron chi connectivity index (χ3n) is 2.91. The number of thiophene rings is 1. The van der Waals surface area contributed by atoms with Gasteiger partial charge >= 0.3 is 5.97 Å². The van der Waals surface area contributed by atoms with Crippen molar-refractivity contribution < 1.29 is 9.53 Å². The lowest BCUT2D eigenvalue weighted by Gasteiger charge is -2.17. The smallest absolute Gasteiger partial charge is 0.338 e. The fraction of sp³-hybridized carbons (Fsp3) is 0.267. The predicted molar refractivity (Wildman–Crippen MR) is 85.0 cm³/mol. The standard InChI is InChI=1S/C15H16BrNO2S/c1-17(9-13-7-12(16)10-20-13)8-11-5-3-4-6-14(11)15(18)19-2/h3-7,10H,8-9H2,1-2H3. The molecule has 0 aliphatic rings. The van der Waals surface area contributed by atoms with Crippen molar-refractivity contribution in [3.8, 4) is 0 Å². The molecule has 1 aromatic carbocycles. The lowest BCUT2D eigenvalue weighted by atomic mass is 10.1. The average Bonchev–Trinajstić information content (AvgIpc) is 2.83. The van der Waals surface area contributed by atoms with Gasteiger partial charge in [-0.1, -0.05) is 18.2 Å². The van der Waals surface area contributed by atoms with E-state index in [1.807, 2.05) is 25.2 Å². The highest BCUT2D eigenvalue weighted by Crippen LogP contribution is 2.22. The Morgan fingerprint density at radius 1 is 1.35 bits per heavy atom. The Morgan fingerprint density at radius 3 is 2.75 bits per heavy atom. The number of ether oxygens (including phenoxy) is 1. The van der Waals surface area contributed by atoms with Crippen LogP contribution in [0.15, 0.2) is 40.2 Å². The van der Waals surface area contributed by atoms with Crippen LogP contribution in [-0.4, -0.2) is 25.0 Å². The fourth-order valence-corrected chi connectivity index (χ4v) is 3.55. The van der Waals surface area contributed by atoms with Crippen LogP contribution < -0.4 is 0 Å². The summed E-state index contributed by atoms with van der Waals surface area (Å²) in [5, 5.41) is 2.07. The van der Waals surface area contributed by atoms with E-state index in [4.69, 9.17) is 4.74 Å². The highest BCUT2D eigenvalue weighted by atomic mass is 79.9. The SMILES string of the molecule is COC(=O)c1ccccc1CN(C)Cc1cc(Br)cs1. The molecule has 0 saturated carbocycles. The normalized spacial score (nSPS) is 10.8. The van der Waals surface area contributed by atoms with Crippen molar-refractivity contribution in [2.75, 3.05) is 14.2 Å². The molecule has 0 bridgehead atoms. The molecule has 0 spiro atoms. The van der Waals surface area contributed by atoms with Crippen LogP contribution in [0.2, 0.25) is 0 Å². The third kappa shape index (κ3) is 3.91. The van der Waals surface area contributed by atoms with Crippen LogP contribution in [0.1, 0.15) is 20.8 Å². The summed E-state index contributed by atoms with van der Waals surface area (Å²) >= 11 is 5.18. The van der Waals surface area contributed by atoms with E-state index in [0.29, 0.717) is 12.1 Å². The number of benzene rings is 1. The maximum atomic E-state index is 11.7. The number of hydrogen-bond donors (Lipinski definition) is 0. The van der Waals surface area contributed by atoms with Gasteiger partial charge in [-0.2, -0.15) is 0 Å². The quantitative estimate of drug-likeness (QED) is 0.762. The van der Waals surface area contributed by atoms with Gasteiger partial charge in [-0.15, -0.1) is 11.3 Å². The molecule has 5 heteroatoms. The topological polar surface area (TPSA) is 29.5 Å². The number of rotatable bonds is 5. The van der Waals surface area contributed by atoms with Crippen LogP contribution in [0, 0.1) is 0 Å². The molecule has 3 nitrogen and oxygen atoms in total. The Morgan fingerprint density at radius 2 is 2.10 bits per heavy atom. The summed E-state index contributed by atoms with van der Waals surface area (Å²) in [6.45, 7) is 1.56. The second-order valence-corrected chi connectivity index (χ2v) is 6.46. The summed E-state index contributed by atoms with van der Waals surface area (Å²) in [7, 11) is 3.45. The molecule has 0 unspecified atom stereocenters. The summed E-state index contributed by atoms with van der Waals surface area (Å²) < 4.78 is 5.93. The Kier molecular flexibility index (Phi) is 5.34. The molecule has 0 atom stereocenters. The Labute approximate surface area is 131 Å². The van der Waals surface area contributed by atoms with Crippen molar-refractivity contribution in [3.05, 3.63) is 56.2 Å². The van der Waals surface area contributed by atoms with E-state index in [1.165, 1.54) is 12.0 Å². The number of nitrogens with zero attached hydrogens (tertiary/aromatic N) is 1. The van der Waals surface area contributed by atoms with E-state index in [-0.39, 0.29) is 5.97 Å². The first-order valence-corrected chi connectivity index (χ1v) is 7.85. The minimum atomic E-state index is -0.284. The number of methoxy groups -OCH3 is 1. The molecule has 1 aromatic heterocycles. The molecule has 0 aliphatic heterocycles. The first-order chi connectivity index (χ1) is 9.60. The molecule has 2 rings (SSSR count). The van der Waals surface area contributed by atoms with Gasteiger partial charge in [0.25, 0.3) is 0 Å². The fourth-order valence-electron chi connectivity index (χ4n) is 2.02. The first-order valence-electron chi connectivity index (χ1n) is 6.18. The van der Waals surface area contributed by atoms with Crippen molar-refractivity contribution in [3.63, 3.8) is 0 Å². The van der Waals surface area contributed by atoms with Crippen LogP contribution >= 0.6 is 27.3 Å². The molecular weight excluding hydrogens is 338 g/mol. The highest BCUT2D eigenvalue weighted by molar-refractivity contribution is 9.10. The number of carbonyl (C=O) groups excluding carboxylic acids is 1. The lowest BCUT2D eigenvalue weighted by molar-refractivity contribution is 0.0598. The molecule has 0 radical (unpaired) electrons. The van der Waals surface area contributed by atoms with Crippen LogP contribution in [0.5, 0.6) is 0 Å². The third-order valence-corrected chi connectivity index (χ3v) is 4.59. The number of hydrogen-bond acceptors (Lipinski definition) is 4. The van der Waals surface area contributed by atoms with Gasteiger partial charge in [0.1, 0.15) is 0 Å². The summed E-state index contributed by atoms with van der Waals surface area (Å²) in [5.41, 5.74) is 1.62. The van der Waals surface area contributed by atoms with Gasteiger partial charge in [-0.05, 0) is 40.7 Å². The van der Waals surface area contributed by atoms with Crippen LogP contribution in [0.3, 0.4) is 0 Å². The molecule has 2 aromatic rings. The van der Waals surface area contributed by atoms with Crippen molar-refractivity contribution in [1.82, 2.24) is 4.90 Å². The van der Waals surface area contributed by atoms with E-state index in [0.717, 1.165) is 16.6 Å². The zero-order valence-corrected chi connectivity index (χ0v) is 13.8. The van der Waals surface area contributed by atoms with Crippen molar-refractivity contribution in [1.29, 1.82) is 0 Å². The highest BCUT2D eigenvalue weighted by Gasteiger charge is 2.12. The molecule has 106 valence electrons. The van der Waals surface area contributed by atoms with E-state index in [9.17, 15) is 4.79 Å². The molecule has 0 N–H and O–H groups in total. The van der Waals surface area contributed by atoms with Gasteiger partial charge in [-0.25, -0.2) is 4.79 Å². The zero-order chi connectivity index (χ0) is 14.5. The lowest BCUT2D eigenvalue weighted by Crippen LogP contribution is -2.18. The van der Waals surface area contributed by atoms with E-state index >= 15 is 0 Å². The largest absolute Gasteiger partial charge is 0.465 e. The summed E-state index contributed by atoms with van der Waals surface area (Å²) in [4.78, 5) is 15.2. The summed E-state index contributed by atoms with van der Waals surface area (Å²) in [6, 6.07) is 9.68. The van der Waals surface area contributed by atoms with Crippen molar-refractivity contribution in [2.24, 2.45) is 0 Å². The van der Waals surface area contributed by atoms with Gasteiger partial charge < -0.3 is 4.74 Å². The van der Waals surface area contributed by atoms with Crippen LogP contribution in [-0.2, 0) is 17.8 Å². The average molecular weight is 354 g/mol. The Balaban J connectivity index is 2.07. The predicted octanol–water partition coefficient (Wildman–Crippen LogP) is 3.93. The van der Waals surface area contributed by atoms with E-state index in [1.54, 1.807) is 17.4 Å². The summed E-state index contributed by atoms with van der Waals surface area (Å²) in [6.07, 6.45) is 0. The second-order valence-electron chi connectivity index (χ2n) is 4.55. The van der Waals surface area contributed by atoms with Crippen molar-refractivity contribution >= 4 is 33.2 Å². The van der Waals surface area contributed by atoms with Gasteiger partial charge in [0.15, 0.2) is 0 Å². The maximum Gasteiger partial charge on any atom is 0.338 e. The molecule has 0 saturated heterocycles. The van der Waals surface area contributed by atoms with E-state index in [2.05, 4.69) is 32.3 Å². The monoisotopic (exact) mass is 353 g/mol. The summed E-state index contributed by atoms with van der Waals surface area (Å²) in [5.74, 6) is -0.284.